The van der Waals surface area contributed by atoms with Crippen molar-refractivity contribution in [3.05, 3.63) is 65.9 Å². The summed E-state index contributed by atoms with van der Waals surface area (Å²) in [5, 5.41) is 5.73. The second-order valence-corrected chi connectivity index (χ2v) is 4.18. The van der Waals surface area contributed by atoms with Gasteiger partial charge in [-0.1, -0.05) is 42.5 Å². The van der Waals surface area contributed by atoms with Crippen LogP contribution in [0.5, 0.6) is 0 Å². The molecule has 0 unspecified atom stereocenters. The van der Waals surface area contributed by atoms with E-state index >= 15 is 0 Å². The second kappa shape index (κ2) is 4.50. The first-order chi connectivity index (χ1) is 8.83. The van der Waals surface area contributed by atoms with E-state index in [0.29, 0.717) is 6.67 Å². The van der Waals surface area contributed by atoms with Gasteiger partial charge in [-0.3, -0.25) is 0 Å². The van der Waals surface area contributed by atoms with Crippen molar-refractivity contribution in [1.29, 1.82) is 0 Å². The largest absolute Gasteiger partial charge is 0.310 e. The maximum atomic E-state index is 5.68. The number of hydrogen-bond donors (Lipinski definition) is 1. The summed E-state index contributed by atoms with van der Waals surface area (Å²) >= 11 is 0. The number of hydrogen-bond acceptors (Lipinski definition) is 4. The van der Waals surface area contributed by atoms with Crippen LogP contribution in [0.4, 0.5) is 0 Å². The molecule has 0 atom stereocenters. The normalized spacial score (nSPS) is 18.1. The Morgan fingerprint density at radius 2 is 2.00 bits per heavy atom. The maximum absolute atomic E-state index is 5.68. The first-order valence-corrected chi connectivity index (χ1v) is 5.82. The molecule has 0 aliphatic carbocycles. The maximum Gasteiger partial charge on any atom is 0.163 e. The van der Waals surface area contributed by atoms with Gasteiger partial charge in [0.05, 0.1) is 0 Å². The van der Waals surface area contributed by atoms with E-state index < -0.39 is 0 Å². The number of amidine groups is 1. The van der Waals surface area contributed by atoms with Gasteiger partial charge in [-0.05, 0) is 17.7 Å². The van der Waals surface area contributed by atoms with E-state index in [1.807, 2.05) is 41.5 Å². The molecule has 2 aliphatic heterocycles. The van der Waals surface area contributed by atoms with Gasteiger partial charge in [0, 0.05) is 11.8 Å². The highest BCUT2D eigenvalue weighted by atomic mass is 15.7. The SMILES string of the molecule is NN1CN2C=CC=C(C=Cc3ccccc3)C2=N1. The van der Waals surface area contributed by atoms with Crippen molar-refractivity contribution < 1.29 is 0 Å². The topological polar surface area (TPSA) is 44.9 Å². The quantitative estimate of drug-likeness (QED) is 0.800. The second-order valence-electron chi connectivity index (χ2n) is 4.18. The average molecular weight is 238 g/mol. The Balaban J connectivity index is 1.85. The Labute approximate surface area is 106 Å². The molecule has 0 fully saturated rings. The molecule has 0 bridgehead atoms. The lowest BCUT2D eigenvalue weighted by Gasteiger charge is -2.17. The van der Waals surface area contributed by atoms with E-state index in [2.05, 4.69) is 29.4 Å². The smallest absolute Gasteiger partial charge is 0.163 e. The van der Waals surface area contributed by atoms with Crippen LogP contribution < -0.4 is 5.84 Å². The van der Waals surface area contributed by atoms with Gasteiger partial charge in [-0.15, -0.1) is 5.10 Å². The first kappa shape index (κ1) is 10.8. The third-order valence-electron chi connectivity index (χ3n) is 2.85. The van der Waals surface area contributed by atoms with Crippen molar-refractivity contribution in [3.63, 3.8) is 0 Å². The molecule has 0 amide bonds. The Morgan fingerprint density at radius 3 is 2.83 bits per heavy atom. The van der Waals surface area contributed by atoms with Crippen LogP contribution in [0.2, 0.25) is 0 Å². The lowest BCUT2D eigenvalue weighted by atomic mass is 10.1. The third-order valence-corrected chi connectivity index (χ3v) is 2.85. The van der Waals surface area contributed by atoms with Crippen LogP contribution in [0.1, 0.15) is 5.56 Å². The lowest BCUT2D eigenvalue weighted by molar-refractivity contribution is 0.271. The van der Waals surface area contributed by atoms with Gasteiger partial charge in [-0.25, -0.2) is 11.0 Å². The fourth-order valence-corrected chi connectivity index (χ4v) is 1.98. The molecule has 1 aromatic rings. The summed E-state index contributed by atoms with van der Waals surface area (Å²) < 4.78 is 0. The van der Waals surface area contributed by atoms with Crippen molar-refractivity contribution >= 4 is 11.9 Å². The van der Waals surface area contributed by atoms with Gasteiger partial charge in [-0.2, -0.15) is 0 Å². The third kappa shape index (κ3) is 2.06. The molecule has 0 saturated heterocycles. The molecule has 0 spiro atoms. The summed E-state index contributed by atoms with van der Waals surface area (Å²) in [4.78, 5) is 2.02. The van der Waals surface area contributed by atoms with Crippen LogP contribution >= 0.6 is 0 Å². The average Bonchev–Trinajstić information content (AvgIpc) is 2.78. The number of nitrogens with two attached hydrogens (primary N) is 1. The van der Waals surface area contributed by atoms with Crippen LogP contribution in [0.25, 0.3) is 6.08 Å². The monoisotopic (exact) mass is 238 g/mol. The van der Waals surface area contributed by atoms with Crippen LogP contribution in [0.3, 0.4) is 0 Å². The summed E-state index contributed by atoms with van der Waals surface area (Å²) in [5.41, 5.74) is 2.23. The summed E-state index contributed by atoms with van der Waals surface area (Å²) in [6, 6.07) is 10.2. The molecule has 3 rings (SSSR count). The van der Waals surface area contributed by atoms with Gasteiger partial charge >= 0.3 is 0 Å². The van der Waals surface area contributed by atoms with E-state index in [-0.39, 0.29) is 0 Å². The molecule has 0 aromatic heterocycles. The molecule has 4 heteroatoms. The molecule has 0 saturated carbocycles. The Morgan fingerprint density at radius 1 is 1.17 bits per heavy atom. The summed E-state index contributed by atoms with van der Waals surface area (Å²) in [7, 11) is 0. The summed E-state index contributed by atoms with van der Waals surface area (Å²) in [6.45, 7) is 0.600. The Hall–Kier alpha value is -2.33. The number of benzene rings is 1. The van der Waals surface area contributed by atoms with E-state index in [4.69, 9.17) is 5.84 Å². The minimum absolute atomic E-state index is 0.600. The number of hydrazone groups is 1. The molecule has 4 nitrogen and oxygen atoms in total. The predicted octanol–water partition coefficient (Wildman–Crippen LogP) is 1.92. The molecule has 90 valence electrons. The number of fused-ring (bicyclic) bond motifs is 1. The van der Waals surface area contributed by atoms with Gasteiger partial charge in [0.2, 0.25) is 0 Å². The van der Waals surface area contributed by atoms with E-state index in [0.717, 1.165) is 11.4 Å². The predicted molar refractivity (Wildman–Crippen MR) is 72.9 cm³/mol. The minimum atomic E-state index is 0.600. The van der Waals surface area contributed by atoms with Gasteiger partial charge in [0.15, 0.2) is 5.84 Å². The van der Waals surface area contributed by atoms with Crippen molar-refractivity contribution in [2.75, 3.05) is 6.67 Å². The van der Waals surface area contributed by atoms with E-state index in [1.165, 1.54) is 10.7 Å². The van der Waals surface area contributed by atoms with Gasteiger partial charge < -0.3 is 4.90 Å². The summed E-state index contributed by atoms with van der Waals surface area (Å²) in [5.74, 6) is 6.58. The van der Waals surface area contributed by atoms with Gasteiger partial charge in [0.25, 0.3) is 0 Å². The summed E-state index contributed by atoms with van der Waals surface area (Å²) in [6.07, 6.45) is 10.1. The number of hydrazine groups is 1. The van der Waals surface area contributed by atoms with Crippen LogP contribution in [0.15, 0.2) is 65.4 Å². The van der Waals surface area contributed by atoms with Crippen molar-refractivity contribution in [2.24, 2.45) is 10.9 Å². The number of rotatable bonds is 2. The molecule has 18 heavy (non-hydrogen) atoms. The van der Waals surface area contributed by atoms with Crippen molar-refractivity contribution in [2.45, 2.75) is 0 Å². The van der Waals surface area contributed by atoms with E-state index in [9.17, 15) is 0 Å². The van der Waals surface area contributed by atoms with E-state index in [1.54, 1.807) is 0 Å². The molecular weight excluding hydrogens is 224 g/mol. The van der Waals surface area contributed by atoms with Crippen LogP contribution in [-0.4, -0.2) is 22.5 Å². The number of allylic oxidation sites excluding steroid dienone is 2. The Bertz CT molecular complexity index is 554. The zero-order valence-corrected chi connectivity index (χ0v) is 9.90. The zero-order chi connectivity index (χ0) is 12.4. The highest BCUT2D eigenvalue weighted by Crippen LogP contribution is 2.18. The fourth-order valence-electron chi connectivity index (χ4n) is 1.98. The van der Waals surface area contributed by atoms with Crippen molar-refractivity contribution in [1.82, 2.24) is 10.0 Å². The van der Waals surface area contributed by atoms with Crippen LogP contribution in [0, 0.1) is 0 Å². The zero-order valence-electron chi connectivity index (χ0n) is 9.90. The molecule has 1 aromatic carbocycles. The highest BCUT2D eigenvalue weighted by molar-refractivity contribution is 6.03. The van der Waals surface area contributed by atoms with Crippen molar-refractivity contribution in [3.8, 4) is 0 Å². The fraction of sp³-hybridized carbons (Fsp3) is 0.0714. The molecule has 2 heterocycles. The molecule has 2 N–H and O–H groups in total. The first-order valence-electron chi connectivity index (χ1n) is 5.82. The Kier molecular flexibility index (Phi) is 2.70. The number of nitrogens with zero attached hydrogens (tertiary/aromatic N) is 3. The standard InChI is InChI=1S/C14H14N4/c15-18-11-17-10-4-7-13(14(17)16-18)9-8-12-5-2-1-3-6-12/h1-10H,11,15H2. The molecule has 2 aliphatic rings. The highest BCUT2D eigenvalue weighted by Gasteiger charge is 2.22. The lowest BCUT2D eigenvalue weighted by Crippen LogP contribution is -2.30. The molecular formula is C14H14N4. The molecule has 0 radical (unpaired) electrons. The van der Waals surface area contributed by atoms with Crippen LogP contribution in [-0.2, 0) is 0 Å². The minimum Gasteiger partial charge on any atom is -0.310 e. The van der Waals surface area contributed by atoms with Gasteiger partial charge in [0.1, 0.15) is 6.67 Å².